The summed E-state index contributed by atoms with van der Waals surface area (Å²) < 4.78 is 32.2. The molecule has 0 amide bonds. The molecule has 2 aromatic rings. The first-order valence-corrected chi connectivity index (χ1v) is 9.27. The number of likely N-dealkylation sites (N-methyl/N-ethyl adjacent to an activating group) is 1. The fourth-order valence-corrected chi connectivity index (χ4v) is 4.02. The SMILES string of the molecule is CN(CCOc1ccccc1)S(=O)(=O)c1ccc2c(c1)CCC2. The molecule has 0 aliphatic heterocycles. The van der Waals surface area contributed by atoms with Gasteiger partial charge in [0.1, 0.15) is 12.4 Å². The lowest BCUT2D eigenvalue weighted by Crippen LogP contribution is -2.31. The second kappa shape index (κ2) is 6.72. The van der Waals surface area contributed by atoms with E-state index in [2.05, 4.69) is 0 Å². The molecule has 1 aliphatic carbocycles. The van der Waals surface area contributed by atoms with E-state index in [0.717, 1.165) is 25.0 Å². The molecule has 1 aliphatic rings. The molecule has 0 saturated heterocycles. The Morgan fingerprint density at radius 2 is 1.78 bits per heavy atom. The van der Waals surface area contributed by atoms with Gasteiger partial charge in [-0.25, -0.2) is 8.42 Å². The third-order valence-corrected chi connectivity index (χ3v) is 6.05. The Kier molecular flexibility index (Phi) is 4.68. The zero-order chi connectivity index (χ0) is 16.3. The van der Waals surface area contributed by atoms with Crippen molar-refractivity contribution in [3.63, 3.8) is 0 Å². The van der Waals surface area contributed by atoms with Crippen LogP contribution in [0.15, 0.2) is 53.4 Å². The molecule has 4 nitrogen and oxygen atoms in total. The zero-order valence-corrected chi connectivity index (χ0v) is 14.1. The normalized spacial score (nSPS) is 14.0. The van der Waals surface area contributed by atoms with E-state index in [-0.39, 0.29) is 0 Å². The average Bonchev–Trinajstić information content (AvgIpc) is 3.03. The quantitative estimate of drug-likeness (QED) is 0.818. The van der Waals surface area contributed by atoms with E-state index in [4.69, 9.17) is 4.74 Å². The van der Waals surface area contributed by atoms with Gasteiger partial charge < -0.3 is 4.74 Å². The number of rotatable bonds is 6. The lowest BCUT2D eigenvalue weighted by atomic mass is 10.1. The van der Waals surface area contributed by atoms with Gasteiger partial charge in [0.15, 0.2) is 0 Å². The van der Waals surface area contributed by atoms with Crippen molar-refractivity contribution in [2.45, 2.75) is 24.2 Å². The van der Waals surface area contributed by atoms with Crippen LogP contribution in [0.3, 0.4) is 0 Å². The zero-order valence-electron chi connectivity index (χ0n) is 13.2. The number of nitrogens with zero attached hydrogens (tertiary/aromatic N) is 1. The van der Waals surface area contributed by atoms with Gasteiger partial charge in [0.25, 0.3) is 0 Å². The maximum Gasteiger partial charge on any atom is 0.242 e. The summed E-state index contributed by atoms with van der Waals surface area (Å²) >= 11 is 0. The van der Waals surface area contributed by atoms with Gasteiger partial charge in [-0.1, -0.05) is 24.3 Å². The molecule has 3 rings (SSSR count). The largest absolute Gasteiger partial charge is 0.492 e. The Labute approximate surface area is 137 Å². The first-order chi connectivity index (χ1) is 11.1. The van der Waals surface area contributed by atoms with Crippen LogP contribution in [0.5, 0.6) is 5.75 Å². The minimum absolute atomic E-state index is 0.314. The lowest BCUT2D eigenvalue weighted by Gasteiger charge is -2.18. The molecular weight excluding hydrogens is 310 g/mol. The van der Waals surface area contributed by atoms with Crippen LogP contribution >= 0.6 is 0 Å². The molecule has 0 bridgehead atoms. The van der Waals surface area contributed by atoms with Crippen molar-refractivity contribution in [3.05, 3.63) is 59.7 Å². The third-order valence-electron chi connectivity index (χ3n) is 4.20. The van der Waals surface area contributed by atoms with Crippen molar-refractivity contribution in [1.82, 2.24) is 4.31 Å². The summed E-state index contributed by atoms with van der Waals surface area (Å²) in [6, 6.07) is 14.9. The second-order valence-corrected chi connectivity index (χ2v) is 7.82. The van der Waals surface area contributed by atoms with Crippen LogP contribution in [0, 0.1) is 0 Å². The molecule has 0 aromatic heterocycles. The molecular formula is C18H21NO3S. The number of aryl methyl sites for hydroxylation is 2. The van der Waals surface area contributed by atoms with Crippen LogP contribution < -0.4 is 4.74 Å². The van der Waals surface area contributed by atoms with Crippen LogP contribution in [0.4, 0.5) is 0 Å². The first-order valence-electron chi connectivity index (χ1n) is 7.83. The number of hydrogen-bond donors (Lipinski definition) is 0. The third kappa shape index (κ3) is 3.57. The molecule has 5 heteroatoms. The highest BCUT2D eigenvalue weighted by Crippen LogP contribution is 2.25. The van der Waals surface area contributed by atoms with Crippen LogP contribution in [-0.2, 0) is 22.9 Å². The molecule has 0 spiro atoms. The number of ether oxygens (including phenoxy) is 1. The minimum atomic E-state index is -3.46. The lowest BCUT2D eigenvalue weighted by molar-refractivity contribution is 0.287. The number of para-hydroxylation sites is 1. The highest BCUT2D eigenvalue weighted by Gasteiger charge is 2.22. The maximum absolute atomic E-state index is 12.6. The predicted octanol–water partition coefficient (Wildman–Crippen LogP) is 2.87. The molecule has 0 radical (unpaired) electrons. The van der Waals surface area contributed by atoms with Gasteiger partial charge in [-0.2, -0.15) is 4.31 Å². The number of sulfonamides is 1. The average molecular weight is 331 g/mol. The summed E-state index contributed by atoms with van der Waals surface area (Å²) in [5, 5.41) is 0. The van der Waals surface area contributed by atoms with E-state index >= 15 is 0 Å². The molecule has 0 fully saturated rings. The van der Waals surface area contributed by atoms with Crippen molar-refractivity contribution >= 4 is 10.0 Å². The smallest absolute Gasteiger partial charge is 0.242 e. The Morgan fingerprint density at radius 3 is 2.57 bits per heavy atom. The van der Waals surface area contributed by atoms with E-state index in [9.17, 15) is 8.42 Å². The molecule has 0 heterocycles. The van der Waals surface area contributed by atoms with Crippen LogP contribution in [0.2, 0.25) is 0 Å². The fraction of sp³-hybridized carbons (Fsp3) is 0.333. The van der Waals surface area contributed by atoms with Crippen LogP contribution in [-0.4, -0.2) is 32.9 Å². The molecule has 0 saturated carbocycles. The first kappa shape index (κ1) is 16.0. The second-order valence-electron chi connectivity index (χ2n) is 5.77. The molecule has 2 aromatic carbocycles. The number of hydrogen-bond acceptors (Lipinski definition) is 3. The van der Waals surface area contributed by atoms with Crippen molar-refractivity contribution in [1.29, 1.82) is 0 Å². The minimum Gasteiger partial charge on any atom is -0.492 e. The Hall–Kier alpha value is -1.85. The van der Waals surface area contributed by atoms with Gasteiger partial charge in [-0.05, 0) is 54.7 Å². The van der Waals surface area contributed by atoms with Crippen molar-refractivity contribution in [2.24, 2.45) is 0 Å². The van der Waals surface area contributed by atoms with Gasteiger partial charge in [0.2, 0.25) is 10.0 Å². The van der Waals surface area contributed by atoms with Crippen molar-refractivity contribution in [2.75, 3.05) is 20.2 Å². The summed E-state index contributed by atoms with van der Waals surface area (Å²) in [6.07, 6.45) is 3.13. The number of benzene rings is 2. The topological polar surface area (TPSA) is 46.6 Å². The summed E-state index contributed by atoms with van der Waals surface area (Å²) in [5.41, 5.74) is 2.44. The molecule has 0 atom stereocenters. The highest BCUT2D eigenvalue weighted by atomic mass is 32.2. The van der Waals surface area contributed by atoms with Crippen LogP contribution in [0.1, 0.15) is 17.5 Å². The van der Waals surface area contributed by atoms with Gasteiger partial charge >= 0.3 is 0 Å². The Balaban J connectivity index is 1.64. The van der Waals surface area contributed by atoms with Gasteiger partial charge in [-0.3, -0.25) is 0 Å². The summed E-state index contributed by atoms with van der Waals surface area (Å²) in [5.74, 6) is 0.746. The number of fused-ring (bicyclic) bond motifs is 1. The standard InChI is InChI=1S/C18H21NO3S/c1-19(12-13-22-17-8-3-2-4-9-17)23(20,21)18-11-10-15-6-5-7-16(15)14-18/h2-4,8-11,14H,5-7,12-13H2,1H3. The van der Waals surface area contributed by atoms with E-state index < -0.39 is 10.0 Å². The summed E-state index contributed by atoms with van der Waals surface area (Å²) in [6.45, 7) is 0.638. The monoisotopic (exact) mass is 331 g/mol. The summed E-state index contributed by atoms with van der Waals surface area (Å²) in [7, 11) is -1.87. The maximum atomic E-state index is 12.6. The Morgan fingerprint density at radius 1 is 1.04 bits per heavy atom. The highest BCUT2D eigenvalue weighted by molar-refractivity contribution is 7.89. The van der Waals surface area contributed by atoms with Crippen molar-refractivity contribution in [3.8, 4) is 5.75 Å². The van der Waals surface area contributed by atoms with E-state index in [0.29, 0.717) is 18.0 Å². The fourth-order valence-electron chi connectivity index (χ4n) is 2.82. The van der Waals surface area contributed by atoms with E-state index in [1.807, 2.05) is 42.5 Å². The molecule has 0 N–H and O–H groups in total. The molecule has 0 unspecified atom stereocenters. The van der Waals surface area contributed by atoms with Gasteiger partial charge in [-0.15, -0.1) is 0 Å². The van der Waals surface area contributed by atoms with Crippen molar-refractivity contribution < 1.29 is 13.2 Å². The van der Waals surface area contributed by atoms with Crippen LogP contribution in [0.25, 0.3) is 0 Å². The Bertz CT molecular complexity index is 772. The molecule has 23 heavy (non-hydrogen) atoms. The van der Waals surface area contributed by atoms with Gasteiger partial charge in [0.05, 0.1) is 4.90 Å². The van der Waals surface area contributed by atoms with E-state index in [1.54, 1.807) is 13.1 Å². The summed E-state index contributed by atoms with van der Waals surface area (Å²) in [4.78, 5) is 0.375. The predicted molar refractivity (Wildman–Crippen MR) is 90.2 cm³/mol. The van der Waals surface area contributed by atoms with E-state index in [1.165, 1.54) is 15.4 Å². The molecule has 122 valence electrons. The van der Waals surface area contributed by atoms with Gasteiger partial charge in [0, 0.05) is 13.6 Å².